The zero-order valence-electron chi connectivity index (χ0n) is 12.7. The molecule has 2 heterocycles. The van der Waals surface area contributed by atoms with E-state index in [9.17, 15) is 9.90 Å². The molecule has 0 saturated heterocycles. The summed E-state index contributed by atoms with van der Waals surface area (Å²) in [5.41, 5.74) is -0.477. The standard InChI is InChI=1S/C15H20N2O3S/c1-5-13-16-7-12(21-13)14(18)17-8-15(4,19)11-6-9(2)20-10(11)3/h6-7,19H,5,8H2,1-4H3,(H,17,18). The number of aliphatic hydroxyl groups is 1. The lowest BCUT2D eigenvalue weighted by Crippen LogP contribution is -2.38. The van der Waals surface area contributed by atoms with E-state index >= 15 is 0 Å². The fraction of sp³-hybridized carbons (Fsp3) is 0.467. The van der Waals surface area contributed by atoms with Crippen molar-refractivity contribution in [1.29, 1.82) is 0 Å². The Labute approximate surface area is 128 Å². The van der Waals surface area contributed by atoms with E-state index in [1.165, 1.54) is 11.3 Å². The summed E-state index contributed by atoms with van der Waals surface area (Å²) in [4.78, 5) is 16.8. The Bertz CT molecular complexity index is 643. The highest BCUT2D eigenvalue weighted by Gasteiger charge is 2.28. The van der Waals surface area contributed by atoms with Crippen molar-refractivity contribution in [1.82, 2.24) is 10.3 Å². The second kappa shape index (κ2) is 5.99. The minimum Gasteiger partial charge on any atom is -0.466 e. The number of amides is 1. The number of hydrogen-bond donors (Lipinski definition) is 2. The third kappa shape index (κ3) is 3.51. The molecule has 0 radical (unpaired) electrons. The minimum absolute atomic E-state index is 0.116. The number of aryl methyl sites for hydroxylation is 3. The highest BCUT2D eigenvalue weighted by atomic mass is 32.1. The maximum atomic E-state index is 12.1. The van der Waals surface area contributed by atoms with Crippen LogP contribution in [0.5, 0.6) is 0 Å². The van der Waals surface area contributed by atoms with Gasteiger partial charge in [0.15, 0.2) is 0 Å². The van der Waals surface area contributed by atoms with Gasteiger partial charge in [0.2, 0.25) is 0 Å². The number of rotatable bonds is 5. The summed E-state index contributed by atoms with van der Waals surface area (Å²) >= 11 is 1.37. The van der Waals surface area contributed by atoms with Gasteiger partial charge in [-0.05, 0) is 33.3 Å². The van der Waals surface area contributed by atoms with Crippen LogP contribution in [0.4, 0.5) is 0 Å². The van der Waals surface area contributed by atoms with Gasteiger partial charge >= 0.3 is 0 Å². The molecule has 0 saturated carbocycles. The summed E-state index contributed by atoms with van der Waals surface area (Å²) in [7, 11) is 0. The van der Waals surface area contributed by atoms with Gasteiger partial charge < -0.3 is 14.8 Å². The number of furan rings is 1. The molecule has 1 unspecified atom stereocenters. The van der Waals surface area contributed by atoms with E-state index in [0.717, 1.165) is 17.2 Å². The Morgan fingerprint density at radius 1 is 1.52 bits per heavy atom. The zero-order valence-corrected chi connectivity index (χ0v) is 13.5. The van der Waals surface area contributed by atoms with Gasteiger partial charge in [0.05, 0.1) is 17.7 Å². The van der Waals surface area contributed by atoms with Crippen LogP contribution in [0.2, 0.25) is 0 Å². The van der Waals surface area contributed by atoms with Crippen LogP contribution in [0.25, 0.3) is 0 Å². The molecule has 21 heavy (non-hydrogen) atoms. The molecule has 6 heteroatoms. The maximum absolute atomic E-state index is 12.1. The van der Waals surface area contributed by atoms with Gasteiger partial charge in [-0.2, -0.15) is 0 Å². The molecule has 2 rings (SSSR count). The van der Waals surface area contributed by atoms with E-state index in [1.54, 1.807) is 26.1 Å². The molecule has 0 aliphatic carbocycles. The third-order valence-electron chi connectivity index (χ3n) is 3.29. The van der Waals surface area contributed by atoms with Gasteiger partial charge in [-0.3, -0.25) is 4.79 Å². The molecule has 1 amide bonds. The molecule has 5 nitrogen and oxygen atoms in total. The summed E-state index contributed by atoms with van der Waals surface area (Å²) in [5.74, 6) is 1.19. The molecular weight excluding hydrogens is 288 g/mol. The molecule has 2 aromatic heterocycles. The predicted molar refractivity (Wildman–Crippen MR) is 81.6 cm³/mol. The molecule has 2 N–H and O–H groups in total. The molecule has 0 spiro atoms. The lowest BCUT2D eigenvalue weighted by molar-refractivity contribution is 0.0515. The lowest BCUT2D eigenvalue weighted by Gasteiger charge is -2.23. The fourth-order valence-electron chi connectivity index (χ4n) is 2.18. The van der Waals surface area contributed by atoms with Gasteiger partial charge in [0.1, 0.15) is 22.0 Å². The number of hydrogen-bond acceptors (Lipinski definition) is 5. The number of thiazole rings is 1. The maximum Gasteiger partial charge on any atom is 0.263 e. The average molecular weight is 308 g/mol. The normalized spacial score (nSPS) is 14.0. The van der Waals surface area contributed by atoms with Crippen LogP contribution in [0.3, 0.4) is 0 Å². The highest BCUT2D eigenvalue weighted by molar-refractivity contribution is 7.13. The van der Waals surface area contributed by atoms with E-state index in [-0.39, 0.29) is 12.5 Å². The number of nitrogens with zero attached hydrogens (tertiary/aromatic N) is 1. The van der Waals surface area contributed by atoms with Crippen LogP contribution >= 0.6 is 11.3 Å². The fourth-order valence-corrected chi connectivity index (χ4v) is 2.95. The smallest absolute Gasteiger partial charge is 0.263 e. The number of nitrogens with one attached hydrogen (secondary N) is 1. The van der Waals surface area contributed by atoms with Gasteiger partial charge in [0.25, 0.3) is 5.91 Å². The minimum atomic E-state index is -1.17. The summed E-state index contributed by atoms with van der Waals surface area (Å²) in [5, 5.41) is 14.2. The van der Waals surface area contributed by atoms with E-state index in [2.05, 4.69) is 10.3 Å². The first kappa shape index (κ1) is 15.7. The monoisotopic (exact) mass is 308 g/mol. The quantitative estimate of drug-likeness (QED) is 0.890. The molecule has 0 aliphatic heterocycles. The lowest BCUT2D eigenvalue weighted by atomic mass is 9.96. The van der Waals surface area contributed by atoms with Gasteiger partial charge in [-0.15, -0.1) is 11.3 Å². The van der Waals surface area contributed by atoms with Crippen molar-refractivity contribution in [3.63, 3.8) is 0 Å². The first-order valence-corrected chi connectivity index (χ1v) is 7.68. The van der Waals surface area contributed by atoms with Crippen LogP contribution in [0.15, 0.2) is 16.7 Å². The summed E-state index contributed by atoms with van der Waals surface area (Å²) < 4.78 is 5.43. The first-order valence-electron chi connectivity index (χ1n) is 6.86. The molecule has 0 fully saturated rings. The van der Waals surface area contributed by atoms with E-state index in [0.29, 0.717) is 16.2 Å². The molecule has 0 aromatic carbocycles. The second-order valence-corrected chi connectivity index (χ2v) is 6.37. The van der Waals surface area contributed by atoms with Gasteiger partial charge in [0, 0.05) is 5.56 Å². The van der Waals surface area contributed by atoms with Crippen molar-refractivity contribution in [3.05, 3.63) is 39.2 Å². The van der Waals surface area contributed by atoms with Crippen LogP contribution in [-0.4, -0.2) is 22.5 Å². The number of aromatic nitrogens is 1. The summed E-state index contributed by atoms with van der Waals surface area (Å²) in [6.45, 7) is 7.40. The molecule has 114 valence electrons. The SMILES string of the molecule is CCc1ncc(C(=O)NCC(C)(O)c2cc(C)oc2C)s1. The van der Waals surface area contributed by atoms with Crippen molar-refractivity contribution in [2.24, 2.45) is 0 Å². The molecular formula is C15H20N2O3S. The Balaban J connectivity index is 2.04. The first-order chi connectivity index (χ1) is 9.83. The summed E-state index contributed by atoms with van der Waals surface area (Å²) in [6.07, 6.45) is 2.38. The van der Waals surface area contributed by atoms with E-state index < -0.39 is 5.60 Å². The van der Waals surface area contributed by atoms with Crippen LogP contribution < -0.4 is 5.32 Å². The number of carbonyl (C=O) groups is 1. The second-order valence-electron chi connectivity index (χ2n) is 5.26. The molecule has 0 aliphatic rings. The van der Waals surface area contributed by atoms with Crippen molar-refractivity contribution < 1.29 is 14.3 Å². The topological polar surface area (TPSA) is 75.4 Å². The molecule has 0 bridgehead atoms. The van der Waals surface area contributed by atoms with E-state index in [1.807, 2.05) is 13.8 Å². The van der Waals surface area contributed by atoms with E-state index in [4.69, 9.17) is 4.42 Å². The summed E-state index contributed by atoms with van der Waals surface area (Å²) in [6, 6.07) is 1.80. The highest BCUT2D eigenvalue weighted by Crippen LogP contribution is 2.26. The zero-order chi connectivity index (χ0) is 15.6. The number of carbonyl (C=O) groups excluding carboxylic acids is 1. The predicted octanol–water partition coefficient (Wildman–Crippen LogP) is 2.55. The third-order valence-corrected chi connectivity index (χ3v) is 4.43. The average Bonchev–Trinajstić information content (AvgIpc) is 3.02. The van der Waals surface area contributed by atoms with Crippen LogP contribution in [-0.2, 0) is 12.0 Å². The van der Waals surface area contributed by atoms with Gasteiger partial charge in [-0.25, -0.2) is 4.98 Å². The van der Waals surface area contributed by atoms with Crippen molar-refractivity contribution in [2.45, 2.75) is 39.7 Å². The van der Waals surface area contributed by atoms with Crippen molar-refractivity contribution >= 4 is 17.2 Å². The van der Waals surface area contributed by atoms with Crippen molar-refractivity contribution in [2.75, 3.05) is 6.54 Å². The Hall–Kier alpha value is -1.66. The van der Waals surface area contributed by atoms with Crippen molar-refractivity contribution in [3.8, 4) is 0 Å². The van der Waals surface area contributed by atoms with Gasteiger partial charge in [-0.1, -0.05) is 6.92 Å². The molecule has 2 aromatic rings. The Kier molecular flexibility index (Phi) is 4.49. The Morgan fingerprint density at radius 2 is 2.24 bits per heavy atom. The largest absolute Gasteiger partial charge is 0.466 e. The van der Waals surface area contributed by atoms with Crippen LogP contribution in [0, 0.1) is 13.8 Å². The van der Waals surface area contributed by atoms with Crippen LogP contribution in [0.1, 0.15) is 45.6 Å². The molecule has 1 atom stereocenters. The Morgan fingerprint density at radius 3 is 2.76 bits per heavy atom.